The summed E-state index contributed by atoms with van der Waals surface area (Å²) in [5.74, 6) is -0.439. The van der Waals surface area contributed by atoms with Crippen LogP contribution in [0.2, 0.25) is 0 Å². The third-order valence-electron chi connectivity index (χ3n) is 4.84. The van der Waals surface area contributed by atoms with Crippen molar-refractivity contribution in [1.29, 1.82) is 0 Å². The van der Waals surface area contributed by atoms with E-state index in [2.05, 4.69) is 5.32 Å². The number of aromatic nitrogens is 1. The Kier molecular flexibility index (Phi) is 4.54. The number of carbonyl (C=O) groups is 1. The maximum Gasteiger partial charge on any atom is 0.272 e. The molecule has 0 aliphatic rings. The number of rotatable bonds is 4. The molecule has 4 rings (SSSR count). The van der Waals surface area contributed by atoms with E-state index in [1.54, 1.807) is 17.4 Å². The summed E-state index contributed by atoms with van der Waals surface area (Å²) in [6.45, 7) is 4.45. The Morgan fingerprint density at radius 1 is 1.11 bits per heavy atom. The number of aryl methyl sites for hydroxylation is 1. The van der Waals surface area contributed by atoms with Gasteiger partial charge in [-0.25, -0.2) is 4.39 Å². The first kappa shape index (κ1) is 17.5. The molecule has 27 heavy (non-hydrogen) atoms. The lowest BCUT2D eigenvalue weighted by molar-refractivity contribution is 0.101. The molecule has 2 aromatic heterocycles. The van der Waals surface area contributed by atoms with Gasteiger partial charge in [0.1, 0.15) is 11.5 Å². The number of anilines is 1. The fourth-order valence-corrected chi connectivity index (χ4v) is 4.05. The van der Waals surface area contributed by atoms with Crippen molar-refractivity contribution in [1.82, 2.24) is 4.57 Å². The summed E-state index contributed by atoms with van der Waals surface area (Å²) >= 11 is 1.59. The van der Waals surface area contributed by atoms with E-state index in [0.29, 0.717) is 12.2 Å². The van der Waals surface area contributed by atoms with Crippen molar-refractivity contribution in [3.05, 3.63) is 88.2 Å². The van der Waals surface area contributed by atoms with Crippen LogP contribution in [0.15, 0.2) is 60.0 Å². The second kappa shape index (κ2) is 7.00. The highest BCUT2D eigenvalue weighted by molar-refractivity contribution is 7.17. The first-order valence-corrected chi connectivity index (χ1v) is 9.59. The molecule has 2 aromatic carbocycles. The van der Waals surface area contributed by atoms with Crippen molar-refractivity contribution in [2.75, 3.05) is 5.32 Å². The minimum Gasteiger partial charge on any atom is -0.331 e. The predicted octanol–water partition coefficient (Wildman–Crippen LogP) is 5.76. The molecule has 5 heteroatoms. The molecule has 0 spiro atoms. The van der Waals surface area contributed by atoms with Crippen molar-refractivity contribution < 1.29 is 9.18 Å². The lowest BCUT2D eigenvalue weighted by Crippen LogP contribution is -2.18. The van der Waals surface area contributed by atoms with E-state index in [0.717, 1.165) is 32.6 Å². The quantitative estimate of drug-likeness (QED) is 0.481. The predicted molar refractivity (Wildman–Crippen MR) is 109 cm³/mol. The monoisotopic (exact) mass is 378 g/mol. The Bertz CT molecular complexity index is 1140. The zero-order valence-electron chi connectivity index (χ0n) is 15.1. The normalized spacial score (nSPS) is 11.1. The highest BCUT2D eigenvalue weighted by atomic mass is 32.1. The van der Waals surface area contributed by atoms with E-state index in [1.807, 2.05) is 60.2 Å². The highest BCUT2D eigenvalue weighted by Gasteiger charge is 2.18. The van der Waals surface area contributed by atoms with Gasteiger partial charge in [-0.2, -0.15) is 0 Å². The molecule has 2 heterocycles. The second-order valence-electron chi connectivity index (χ2n) is 6.62. The molecule has 136 valence electrons. The standard InChI is InChI=1S/C22H19FN2OS/c1-14-5-3-8-18(15(14)2)24-22(26)20-12-21-19(9-10-27-21)25(20)13-16-6-4-7-17(23)11-16/h3-12H,13H2,1-2H3,(H,24,26). The van der Waals surface area contributed by atoms with Crippen LogP contribution in [-0.4, -0.2) is 10.5 Å². The summed E-state index contributed by atoms with van der Waals surface area (Å²) in [6.07, 6.45) is 0. The topological polar surface area (TPSA) is 34.0 Å². The Labute approximate surface area is 161 Å². The average Bonchev–Trinajstić information content (AvgIpc) is 3.22. The minimum absolute atomic E-state index is 0.163. The van der Waals surface area contributed by atoms with Crippen LogP contribution in [0.4, 0.5) is 10.1 Å². The minimum atomic E-state index is -0.275. The highest BCUT2D eigenvalue weighted by Crippen LogP contribution is 2.27. The van der Waals surface area contributed by atoms with Gasteiger partial charge in [0.2, 0.25) is 0 Å². The van der Waals surface area contributed by atoms with Crippen LogP contribution in [0, 0.1) is 19.7 Å². The zero-order chi connectivity index (χ0) is 19.0. The summed E-state index contributed by atoms with van der Waals surface area (Å²) < 4.78 is 16.6. The van der Waals surface area contributed by atoms with Crippen LogP contribution < -0.4 is 5.32 Å². The van der Waals surface area contributed by atoms with Gasteiger partial charge in [0, 0.05) is 12.2 Å². The largest absolute Gasteiger partial charge is 0.331 e. The number of halogens is 1. The van der Waals surface area contributed by atoms with Gasteiger partial charge < -0.3 is 9.88 Å². The molecular weight excluding hydrogens is 359 g/mol. The Balaban J connectivity index is 1.72. The summed E-state index contributed by atoms with van der Waals surface area (Å²) in [7, 11) is 0. The van der Waals surface area contributed by atoms with Gasteiger partial charge >= 0.3 is 0 Å². The maximum absolute atomic E-state index is 13.6. The van der Waals surface area contributed by atoms with Crippen LogP contribution in [0.3, 0.4) is 0 Å². The lowest BCUT2D eigenvalue weighted by atomic mass is 10.1. The molecule has 0 radical (unpaired) electrons. The molecular formula is C22H19FN2OS. The van der Waals surface area contributed by atoms with Gasteiger partial charge in [-0.05, 0) is 66.2 Å². The van der Waals surface area contributed by atoms with E-state index < -0.39 is 0 Å². The number of amides is 1. The van der Waals surface area contributed by atoms with Gasteiger partial charge in [-0.1, -0.05) is 24.3 Å². The second-order valence-corrected chi connectivity index (χ2v) is 7.57. The molecule has 0 aliphatic carbocycles. The molecule has 0 atom stereocenters. The number of nitrogens with one attached hydrogen (secondary N) is 1. The van der Waals surface area contributed by atoms with Crippen LogP contribution in [0.5, 0.6) is 0 Å². The van der Waals surface area contributed by atoms with Gasteiger partial charge in [0.15, 0.2) is 0 Å². The van der Waals surface area contributed by atoms with E-state index >= 15 is 0 Å². The van der Waals surface area contributed by atoms with E-state index in [9.17, 15) is 9.18 Å². The van der Waals surface area contributed by atoms with Crippen LogP contribution in [0.1, 0.15) is 27.2 Å². The fourth-order valence-electron chi connectivity index (χ4n) is 3.23. The van der Waals surface area contributed by atoms with Crippen molar-refractivity contribution >= 4 is 33.1 Å². The molecule has 1 N–H and O–H groups in total. The van der Waals surface area contributed by atoms with E-state index in [-0.39, 0.29) is 11.7 Å². The number of carbonyl (C=O) groups excluding carboxylic acids is 1. The number of thiophene rings is 1. The Hall–Kier alpha value is -2.92. The van der Waals surface area contributed by atoms with Crippen molar-refractivity contribution in [2.24, 2.45) is 0 Å². The first-order valence-electron chi connectivity index (χ1n) is 8.71. The lowest BCUT2D eigenvalue weighted by Gasteiger charge is -2.13. The van der Waals surface area contributed by atoms with Crippen molar-refractivity contribution in [2.45, 2.75) is 20.4 Å². The molecule has 0 fully saturated rings. The third kappa shape index (κ3) is 3.38. The molecule has 0 saturated heterocycles. The third-order valence-corrected chi connectivity index (χ3v) is 5.69. The number of fused-ring (bicyclic) bond motifs is 1. The average molecular weight is 378 g/mol. The van der Waals surface area contributed by atoms with Gasteiger partial charge in [0.25, 0.3) is 5.91 Å². The van der Waals surface area contributed by atoms with E-state index in [4.69, 9.17) is 0 Å². The summed E-state index contributed by atoms with van der Waals surface area (Å²) in [5.41, 5.74) is 5.36. The molecule has 3 nitrogen and oxygen atoms in total. The molecule has 0 bridgehead atoms. The number of hydrogen-bond acceptors (Lipinski definition) is 2. The zero-order valence-corrected chi connectivity index (χ0v) is 15.9. The molecule has 0 unspecified atom stereocenters. The van der Waals surface area contributed by atoms with E-state index in [1.165, 1.54) is 12.1 Å². The smallest absolute Gasteiger partial charge is 0.272 e. The van der Waals surface area contributed by atoms with Gasteiger partial charge in [0.05, 0.1) is 10.2 Å². The maximum atomic E-state index is 13.6. The first-order chi connectivity index (χ1) is 13.0. The molecule has 0 aliphatic heterocycles. The summed E-state index contributed by atoms with van der Waals surface area (Å²) in [5, 5.41) is 5.03. The SMILES string of the molecule is Cc1cccc(NC(=O)c2cc3sccc3n2Cc2cccc(F)c2)c1C. The Morgan fingerprint density at radius 2 is 1.93 bits per heavy atom. The number of hydrogen-bond donors (Lipinski definition) is 1. The molecule has 0 saturated carbocycles. The molecule has 1 amide bonds. The van der Waals surface area contributed by atoms with Crippen molar-refractivity contribution in [3.8, 4) is 0 Å². The molecule has 4 aromatic rings. The number of nitrogens with zero attached hydrogens (tertiary/aromatic N) is 1. The van der Waals surface area contributed by atoms with Crippen LogP contribution >= 0.6 is 11.3 Å². The summed E-state index contributed by atoms with van der Waals surface area (Å²) in [4.78, 5) is 13.0. The van der Waals surface area contributed by atoms with Gasteiger partial charge in [-0.3, -0.25) is 4.79 Å². The summed E-state index contributed by atoms with van der Waals surface area (Å²) in [6, 6.07) is 16.2. The Morgan fingerprint density at radius 3 is 2.74 bits per heavy atom. The van der Waals surface area contributed by atoms with Crippen molar-refractivity contribution in [3.63, 3.8) is 0 Å². The van der Waals surface area contributed by atoms with Crippen LogP contribution in [0.25, 0.3) is 10.2 Å². The fraction of sp³-hybridized carbons (Fsp3) is 0.136. The van der Waals surface area contributed by atoms with Gasteiger partial charge in [-0.15, -0.1) is 11.3 Å². The number of benzene rings is 2. The van der Waals surface area contributed by atoms with Crippen LogP contribution in [-0.2, 0) is 6.54 Å².